The Hall–Kier alpha value is -3.33. The number of hydrogen-bond acceptors (Lipinski definition) is 5. The molecule has 0 atom stereocenters. The van der Waals surface area contributed by atoms with Crippen LogP contribution in [0.25, 0.3) is 22.1 Å². The molecule has 0 unspecified atom stereocenters. The highest BCUT2D eigenvalue weighted by molar-refractivity contribution is 5.79. The van der Waals surface area contributed by atoms with Crippen molar-refractivity contribution in [3.63, 3.8) is 0 Å². The molecule has 0 aliphatic heterocycles. The molecule has 144 valence electrons. The number of quaternary nitrogens is 1. The highest BCUT2D eigenvalue weighted by Gasteiger charge is 2.18. The molecule has 4 aromatic rings. The molecule has 0 aliphatic rings. The van der Waals surface area contributed by atoms with Gasteiger partial charge in [-0.2, -0.15) is 0 Å². The van der Waals surface area contributed by atoms with Crippen LogP contribution in [0.3, 0.4) is 0 Å². The number of benzene rings is 2. The molecule has 2 aromatic carbocycles. The largest absolute Gasteiger partial charge is 0.329 e. The van der Waals surface area contributed by atoms with E-state index in [1.807, 2.05) is 28.9 Å². The highest BCUT2D eigenvalue weighted by atomic mass is 16.6. The van der Waals surface area contributed by atoms with Crippen molar-refractivity contribution in [1.29, 1.82) is 0 Å². The lowest BCUT2D eigenvalue weighted by molar-refractivity contribution is -0.870. The van der Waals surface area contributed by atoms with Crippen LogP contribution >= 0.6 is 0 Å². The molecule has 0 aliphatic carbocycles. The van der Waals surface area contributed by atoms with Crippen LogP contribution < -0.4 is 0 Å². The van der Waals surface area contributed by atoms with Crippen LogP contribution in [0, 0.1) is 10.1 Å². The first kappa shape index (κ1) is 18.1. The summed E-state index contributed by atoms with van der Waals surface area (Å²) >= 11 is 0. The van der Waals surface area contributed by atoms with E-state index in [4.69, 9.17) is 4.98 Å². The summed E-state index contributed by atoms with van der Waals surface area (Å²) in [5.74, 6) is 0.805. The summed E-state index contributed by atoms with van der Waals surface area (Å²) in [5, 5.41) is 19.6. The fourth-order valence-electron chi connectivity index (χ4n) is 3.22. The summed E-state index contributed by atoms with van der Waals surface area (Å²) in [6.07, 6.45) is 0. The molecule has 0 saturated heterocycles. The minimum atomic E-state index is -0.394. The number of aromatic nitrogens is 5. The van der Waals surface area contributed by atoms with Gasteiger partial charge in [0.05, 0.1) is 55.7 Å². The third kappa shape index (κ3) is 3.44. The Kier molecular flexibility index (Phi) is 4.31. The second-order valence-electron chi connectivity index (χ2n) is 7.86. The molecule has 9 heteroatoms. The van der Waals surface area contributed by atoms with Crippen LogP contribution in [-0.4, -0.2) is 61.6 Å². The van der Waals surface area contributed by atoms with Crippen LogP contribution in [0.4, 0.5) is 5.69 Å². The minimum absolute atomic E-state index is 0.0431. The predicted octanol–water partition coefficient (Wildman–Crippen LogP) is 2.44. The zero-order valence-corrected chi connectivity index (χ0v) is 16.1. The van der Waals surface area contributed by atoms with Gasteiger partial charge in [0.15, 0.2) is 0 Å². The molecular weight excluding hydrogens is 358 g/mol. The number of nitrogens with zero attached hydrogens (tertiary/aromatic N) is 7. The monoisotopic (exact) mass is 380 g/mol. The first-order chi connectivity index (χ1) is 13.3. The van der Waals surface area contributed by atoms with Gasteiger partial charge in [0.1, 0.15) is 17.9 Å². The maximum absolute atomic E-state index is 11.1. The van der Waals surface area contributed by atoms with E-state index in [-0.39, 0.29) is 5.69 Å². The fraction of sp³-hybridized carbons (Fsp3) is 0.316. The van der Waals surface area contributed by atoms with Crippen LogP contribution in [-0.2, 0) is 13.1 Å². The standard InChI is InChI=1S/C19H22N7O2/c1-26(2,3)11-10-23-17-9-8-14(25(27)28)12-16(17)20-19(23)13-24-18-7-5-4-6-15(18)21-22-24/h4-9,12H,10-11,13H2,1-3H3/q+1. The fourth-order valence-corrected chi connectivity index (χ4v) is 3.22. The second kappa shape index (κ2) is 6.68. The molecule has 0 N–H and O–H groups in total. The number of fused-ring (bicyclic) bond motifs is 2. The second-order valence-corrected chi connectivity index (χ2v) is 7.86. The number of nitro groups is 1. The summed E-state index contributed by atoms with van der Waals surface area (Å²) < 4.78 is 4.74. The summed E-state index contributed by atoms with van der Waals surface area (Å²) in [4.78, 5) is 15.4. The molecule has 0 fully saturated rings. The Morgan fingerprint density at radius 1 is 1.07 bits per heavy atom. The first-order valence-corrected chi connectivity index (χ1v) is 9.04. The number of imidazole rings is 1. The molecule has 4 rings (SSSR count). The average Bonchev–Trinajstić information content (AvgIpc) is 3.20. The summed E-state index contributed by atoms with van der Waals surface area (Å²) in [5.41, 5.74) is 3.31. The molecular formula is C19H22N7O2+. The van der Waals surface area contributed by atoms with E-state index >= 15 is 0 Å². The smallest absolute Gasteiger partial charge is 0.271 e. The summed E-state index contributed by atoms with van der Waals surface area (Å²) in [6, 6.07) is 12.6. The molecule has 2 aromatic heterocycles. The lowest BCUT2D eigenvalue weighted by Crippen LogP contribution is -2.37. The number of hydrogen-bond donors (Lipinski definition) is 0. The first-order valence-electron chi connectivity index (χ1n) is 9.04. The zero-order valence-electron chi connectivity index (χ0n) is 16.1. The van der Waals surface area contributed by atoms with Crippen molar-refractivity contribution in [2.45, 2.75) is 13.1 Å². The normalized spacial score (nSPS) is 12.1. The van der Waals surface area contributed by atoms with E-state index in [9.17, 15) is 10.1 Å². The Labute approximate surface area is 161 Å². The average molecular weight is 380 g/mol. The molecule has 0 radical (unpaired) electrons. The third-order valence-corrected chi connectivity index (χ3v) is 4.73. The van der Waals surface area contributed by atoms with Crippen molar-refractivity contribution in [3.8, 4) is 0 Å². The van der Waals surface area contributed by atoms with Crippen molar-refractivity contribution < 1.29 is 9.41 Å². The number of rotatable bonds is 6. The van der Waals surface area contributed by atoms with E-state index in [2.05, 4.69) is 36.0 Å². The predicted molar refractivity (Wildman–Crippen MR) is 106 cm³/mol. The van der Waals surface area contributed by atoms with Gasteiger partial charge < -0.3 is 9.05 Å². The van der Waals surface area contributed by atoms with Crippen LogP contribution in [0.2, 0.25) is 0 Å². The maximum atomic E-state index is 11.1. The van der Waals surface area contributed by atoms with Crippen LogP contribution in [0.15, 0.2) is 42.5 Å². The Morgan fingerprint density at radius 2 is 1.86 bits per heavy atom. The zero-order chi connectivity index (χ0) is 19.9. The highest BCUT2D eigenvalue weighted by Crippen LogP contribution is 2.23. The van der Waals surface area contributed by atoms with E-state index in [0.717, 1.165) is 39.9 Å². The maximum Gasteiger partial charge on any atom is 0.271 e. The molecule has 28 heavy (non-hydrogen) atoms. The quantitative estimate of drug-likeness (QED) is 0.291. The van der Waals surface area contributed by atoms with Gasteiger partial charge in [0.2, 0.25) is 0 Å². The number of non-ortho nitro benzene ring substituents is 1. The molecule has 2 heterocycles. The van der Waals surface area contributed by atoms with Crippen LogP contribution in [0.1, 0.15) is 5.82 Å². The number of para-hydroxylation sites is 1. The number of nitro benzene ring substituents is 1. The minimum Gasteiger partial charge on any atom is -0.329 e. The van der Waals surface area contributed by atoms with E-state index < -0.39 is 4.92 Å². The molecule has 9 nitrogen and oxygen atoms in total. The lowest BCUT2D eigenvalue weighted by Gasteiger charge is -2.24. The molecule has 0 amide bonds. The van der Waals surface area contributed by atoms with Gasteiger partial charge in [-0.15, -0.1) is 5.10 Å². The van der Waals surface area contributed by atoms with E-state index in [1.54, 1.807) is 6.07 Å². The third-order valence-electron chi connectivity index (χ3n) is 4.73. The van der Waals surface area contributed by atoms with Gasteiger partial charge in [-0.05, 0) is 18.2 Å². The van der Waals surface area contributed by atoms with Gasteiger partial charge in [-0.3, -0.25) is 10.1 Å². The molecule has 0 spiro atoms. The lowest BCUT2D eigenvalue weighted by atomic mass is 10.3. The van der Waals surface area contributed by atoms with Crippen molar-refractivity contribution in [2.75, 3.05) is 27.7 Å². The summed E-state index contributed by atoms with van der Waals surface area (Å²) in [6.45, 7) is 2.09. The van der Waals surface area contributed by atoms with E-state index in [1.165, 1.54) is 12.1 Å². The van der Waals surface area contributed by atoms with Gasteiger partial charge in [0, 0.05) is 12.1 Å². The summed E-state index contributed by atoms with van der Waals surface area (Å²) in [7, 11) is 6.40. The van der Waals surface area contributed by atoms with Crippen molar-refractivity contribution in [1.82, 2.24) is 24.5 Å². The van der Waals surface area contributed by atoms with Gasteiger partial charge in [-0.25, -0.2) is 9.67 Å². The van der Waals surface area contributed by atoms with Gasteiger partial charge in [0.25, 0.3) is 5.69 Å². The van der Waals surface area contributed by atoms with Crippen LogP contribution in [0.5, 0.6) is 0 Å². The van der Waals surface area contributed by atoms with Crippen molar-refractivity contribution in [2.24, 2.45) is 0 Å². The Bertz CT molecular complexity index is 1170. The van der Waals surface area contributed by atoms with Crippen molar-refractivity contribution >= 4 is 27.8 Å². The SMILES string of the molecule is C[N+](C)(C)CCn1c(Cn2nnc3ccccc32)nc2cc([N+](=O)[O-])ccc21. The van der Waals surface area contributed by atoms with Gasteiger partial charge >= 0.3 is 0 Å². The molecule has 0 bridgehead atoms. The number of likely N-dealkylation sites (N-methyl/N-ethyl adjacent to an activating group) is 1. The Balaban J connectivity index is 1.79. The van der Waals surface area contributed by atoms with Crippen molar-refractivity contribution in [3.05, 3.63) is 58.4 Å². The van der Waals surface area contributed by atoms with E-state index in [0.29, 0.717) is 12.1 Å². The molecule has 0 saturated carbocycles. The van der Waals surface area contributed by atoms with Gasteiger partial charge in [-0.1, -0.05) is 17.3 Å². The Morgan fingerprint density at radius 3 is 2.61 bits per heavy atom. The topological polar surface area (TPSA) is 91.7 Å².